The number of nitrogens with one attached hydrogen (secondary N) is 1. The number of hydrogen-bond donors (Lipinski definition) is 1. The van der Waals surface area contributed by atoms with Crippen molar-refractivity contribution in [2.45, 2.75) is 61.3 Å². The Morgan fingerprint density at radius 2 is 1.79 bits per heavy atom. The van der Waals surface area contributed by atoms with Crippen molar-refractivity contribution in [2.75, 3.05) is 0 Å². The maximum Gasteiger partial charge on any atom is 0.277 e. The molecule has 4 saturated carbocycles. The number of fused-ring (bicyclic) bond motifs is 1. The van der Waals surface area contributed by atoms with Gasteiger partial charge in [0.15, 0.2) is 0 Å². The van der Waals surface area contributed by atoms with Crippen LogP contribution in [-0.4, -0.2) is 20.2 Å². The number of aromatic nitrogens is 4. The highest BCUT2D eigenvalue weighted by Crippen LogP contribution is 2.60. The van der Waals surface area contributed by atoms with E-state index in [2.05, 4.69) is 20.2 Å². The molecule has 0 aliphatic heterocycles. The van der Waals surface area contributed by atoms with Gasteiger partial charge in [-0.05, 0) is 75.3 Å². The van der Waals surface area contributed by atoms with Crippen molar-refractivity contribution in [1.82, 2.24) is 20.2 Å². The van der Waals surface area contributed by atoms with Crippen molar-refractivity contribution in [1.29, 1.82) is 0 Å². The molecule has 0 amide bonds. The molecule has 2 heterocycles. The third-order valence-corrected chi connectivity index (χ3v) is 8.14. The van der Waals surface area contributed by atoms with Crippen molar-refractivity contribution >= 4 is 22.7 Å². The van der Waals surface area contributed by atoms with Crippen LogP contribution in [0.1, 0.15) is 62.4 Å². The molecule has 0 spiro atoms. The van der Waals surface area contributed by atoms with Gasteiger partial charge in [0.1, 0.15) is 5.82 Å². The zero-order valence-corrected chi connectivity index (χ0v) is 17.2. The van der Waals surface area contributed by atoms with Crippen LogP contribution in [-0.2, 0) is 5.41 Å². The van der Waals surface area contributed by atoms with E-state index in [0.717, 1.165) is 23.6 Å². The first-order valence-electron chi connectivity index (χ1n) is 10.6. The standard InChI is InChI=1S/C22H24N4O2S/c1-12(18-23-17-5-3-2-4-16(17)19(27)24-18)29-21-26-25-20(28-21)22-9-13-6-14(10-22)8-15(7-13)11-22/h2-5,12-15H,6-11H2,1H3,(H,23,24,27)/t12-,13?,14?,15?,22?/m0/s1. The van der Waals surface area contributed by atoms with Gasteiger partial charge in [-0.15, -0.1) is 10.2 Å². The lowest BCUT2D eigenvalue weighted by atomic mass is 9.49. The van der Waals surface area contributed by atoms with Crippen molar-refractivity contribution < 1.29 is 4.42 Å². The summed E-state index contributed by atoms with van der Waals surface area (Å²) in [5.41, 5.74) is 0.704. The molecule has 0 saturated heterocycles. The van der Waals surface area contributed by atoms with Gasteiger partial charge in [0.25, 0.3) is 10.8 Å². The smallest absolute Gasteiger partial charge is 0.277 e. The predicted molar refractivity (Wildman–Crippen MR) is 111 cm³/mol. The van der Waals surface area contributed by atoms with E-state index in [9.17, 15) is 4.79 Å². The summed E-state index contributed by atoms with van der Waals surface area (Å²) in [6.45, 7) is 2.01. The topological polar surface area (TPSA) is 84.7 Å². The van der Waals surface area contributed by atoms with Crippen molar-refractivity contribution in [3.63, 3.8) is 0 Å². The summed E-state index contributed by atoms with van der Waals surface area (Å²) in [7, 11) is 0. The third kappa shape index (κ3) is 2.93. The summed E-state index contributed by atoms with van der Waals surface area (Å²) in [4.78, 5) is 19.9. The van der Waals surface area contributed by atoms with Crippen molar-refractivity contribution in [2.24, 2.45) is 17.8 Å². The van der Waals surface area contributed by atoms with E-state index in [4.69, 9.17) is 4.42 Å². The molecular formula is C22H24N4O2S. The molecule has 4 aliphatic carbocycles. The lowest BCUT2D eigenvalue weighted by molar-refractivity contribution is -0.0191. The molecular weight excluding hydrogens is 384 g/mol. The molecule has 6 nitrogen and oxygen atoms in total. The number of rotatable bonds is 4. The number of thioether (sulfide) groups is 1. The predicted octanol–water partition coefficient (Wildman–Crippen LogP) is 4.63. The minimum absolute atomic E-state index is 0.0861. The highest BCUT2D eigenvalue weighted by molar-refractivity contribution is 7.99. The van der Waals surface area contributed by atoms with Gasteiger partial charge in [0.2, 0.25) is 5.89 Å². The van der Waals surface area contributed by atoms with E-state index >= 15 is 0 Å². The molecule has 1 aromatic carbocycles. The lowest BCUT2D eigenvalue weighted by Crippen LogP contribution is -2.48. The van der Waals surface area contributed by atoms with Crippen LogP contribution in [0.3, 0.4) is 0 Å². The second-order valence-electron chi connectivity index (χ2n) is 9.30. The van der Waals surface area contributed by atoms with Gasteiger partial charge in [0, 0.05) is 5.41 Å². The molecule has 29 heavy (non-hydrogen) atoms. The van der Waals surface area contributed by atoms with Gasteiger partial charge in [-0.3, -0.25) is 4.79 Å². The molecule has 7 heteroatoms. The van der Waals surface area contributed by atoms with E-state index < -0.39 is 0 Å². The van der Waals surface area contributed by atoms with Crippen LogP contribution in [0.25, 0.3) is 10.9 Å². The molecule has 0 radical (unpaired) electrons. The number of para-hydroxylation sites is 1. The van der Waals surface area contributed by atoms with E-state index in [1.807, 2.05) is 25.1 Å². The second-order valence-corrected chi connectivity index (χ2v) is 10.6. The van der Waals surface area contributed by atoms with E-state index in [0.29, 0.717) is 22.0 Å². The van der Waals surface area contributed by atoms with Crippen LogP contribution in [0.4, 0.5) is 0 Å². The van der Waals surface area contributed by atoms with Gasteiger partial charge in [-0.1, -0.05) is 23.9 Å². The molecule has 150 valence electrons. The first kappa shape index (κ1) is 17.7. The SMILES string of the molecule is C[C@H](Sc1nnc(C23CC4CC(CC(C4)C2)C3)o1)c1nc2ccccc2c(=O)[nH]1. The molecule has 2 aromatic heterocycles. The van der Waals surface area contributed by atoms with Crippen LogP contribution in [0.15, 0.2) is 38.7 Å². The molecule has 3 aromatic rings. The largest absolute Gasteiger partial charge is 0.415 e. The van der Waals surface area contributed by atoms with Gasteiger partial charge in [-0.25, -0.2) is 4.98 Å². The van der Waals surface area contributed by atoms with E-state index in [-0.39, 0.29) is 16.2 Å². The van der Waals surface area contributed by atoms with Crippen LogP contribution >= 0.6 is 11.8 Å². The number of H-pyrrole nitrogens is 1. The van der Waals surface area contributed by atoms with E-state index in [1.165, 1.54) is 50.3 Å². The summed E-state index contributed by atoms with van der Waals surface area (Å²) < 4.78 is 6.20. The fraction of sp³-hybridized carbons (Fsp3) is 0.545. The minimum atomic E-state index is -0.113. The fourth-order valence-electron chi connectivity index (χ4n) is 6.35. The zero-order chi connectivity index (χ0) is 19.6. The average Bonchev–Trinajstić information content (AvgIpc) is 3.16. The number of hydrogen-bond acceptors (Lipinski definition) is 6. The number of nitrogens with zero attached hydrogens (tertiary/aromatic N) is 3. The van der Waals surface area contributed by atoms with Gasteiger partial charge < -0.3 is 9.40 Å². The molecule has 4 bridgehead atoms. The maximum absolute atomic E-state index is 12.4. The highest BCUT2D eigenvalue weighted by atomic mass is 32.2. The number of benzene rings is 1. The van der Waals surface area contributed by atoms with Gasteiger partial charge in [-0.2, -0.15) is 0 Å². The van der Waals surface area contributed by atoms with Crippen LogP contribution < -0.4 is 5.56 Å². The monoisotopic (exact) mass is 408 g/mol. The normalized spacial score (nSPS) is 31.4. The summed E-state index contributed by atoms with van der Waals surface area (Å²) in [5, 5.41) is 9.93. The van der Waals surface area contributed by atoms with Gasteiger partial charge in [0.05, 0.1) is 16.2 Å². The average molecular weight is 409 g/mol. The number of aromatic amines is 1. The Morgan fingerprint density at radius 1 is 1.10 bits per heavy atom. The highest BCUT2D eigenvalue weighted by Gasteiger charge is 2.54. The lowest BCUT2D eigenvalue weighted by Gasteiger charge is -2.55. The molecule has 7 rings (SSSR count). The fourth-order valence-corrected chi connectivity index (χ4v) is 7.09. The quantitative estimate of drug-likeness (QED) is 0.634. The maximum atomic E-state index is 12.4. The summed E-state index contributed by atoms with van der Waals surface area (Å²) in [5.74, 6) is 4.00. The summed E-state index contributed by atoms with van der Waals surface area (Å²) in [6.07, 6.45) is 7.81. The Kier molecular flexibility index (Phi) is 3.92. The zero-order valence-electron chi connectivity index (χ0n) is 16.4. The molecule has 1 atom stereocenters. The summed E-state index contributed by atoms with van der Waals surface area (Å²) >= 11 is 1.47. The Morgan fingerprint density at radius 3 is 2.52 bits per heavy atom. The Labute approximate surface area is 172 Å². The Bertz CT molecular complexity index is 1100. The minimum Gasteiger partial charge on any atom is -0.415 e. The van der Waals surface area contributed by atoms with Crippen LogP contribution in [0.2, 0.25) is 0 Å². The molecule has 4 aliphatic rings. The van der Waals surface area contributed by atoms with Crippen molar-refractivity contribution in [3.8, 4) is 0 Å². The third-order valence-electron chi connectivity index (χ3n) is 7.19. The molecule has 1 N–H and O–H groups in total. The first-order valence-corrected chi connectivity index (χ1v) is 11.5. The van der Waals surface area contributed by atoms with Crippen molar-refractivity contribution in [3.05, 3.63) is 46.3 Å². The Balaban J connectivity index is 1.25. The van der Waals surface area contributed by atoms with Crippen LogP contribution in [0.5, 0.6) is 0 Å². The van der Waals surface area contributed by atoms with Crippen LogP contribution in [0, 0.1) is 17.8 Å². The van der Waals surface area contributed by atoms with E-state index in [1.54, 1.807) is 6.07 Å². The molecule has 4 fully saturated rings. The first-order chi connectivity index (χ1) is 14.1. The Hall–Kier alpha value is -2.15. The van der Waals surface area contributed by atoms with Gasteiger partial charge >= 0.3 is 0 Å². The molecule has 0 unspecified atom stereocenters. The summed E-state index contributed by atoms with van der Waals surface area (Å²) in [6, 6.07) is 7.40. The second kappa shape index (κ2) is 6.42.